The Hall–Kier alpha value is -1.79. The number of benzene rings is 1. The summed E-state index contributed by atoms with van der Waals surface area (Å²) in [6, 6.07) is 8.42. The summed E-state index contributed by atoms with van der Waals surface area (Å²) in [5, 5.41) is 6.70. The Morgan fingerprint density at radius 1 is 1.36 bits per heavy atom. The molecule has 1 aromatic carbocycles. The molecule has 1 saturated heterocycles. The first-order valence-electron chi connectivity index (χ1n) is 9.12. The van der Waals surface area contributed by atoms with Gasteiger partial charge in [0.25, 0.3) is 0 Å². The fraction of sp³-hybridized carbons (Fsp3) is 0.632. The number of hydrogen-bond donors (Lipinski definition) is 2. The van der Waals surface area contributed by atoms with Crippen molar-refractivity contribution in [3.05, 3.63) is 29.8 Å². The van der Waals surface area contributed by atoms with Crippen LogP contribution in [0.4, 0.5) is 5.69 Å². The molecule has 6 nitrogen and oxygen atoms in total. The number of rotatable bonds is 9. The molecule has 0 amide bonds. The fourth-order valence-corrected chi connectivity index (χ4v) is 2.86. The number of methoxy groups -OCH3 is 1. The van der Waals surface area contributed by atoms with E-state index in [1.54, 1.807) is 7.11 Å². The Morgan fingerprint density at radius 3 is 2.80 bits per heavy atom. The lowest BCUT2D eigenvalue weighted by Crippen LogP contribution is -2.41. The molecule has 140 valence electrons. The van der Waals surface area contributed by atoms with Gasteiger partial charge in [0, 0.05) is 52.0 Å². The Balaban J connectivity index is 1.88. The van der Waals surface area contributed by atoms with Crippen molar-refractivity contribution in [1.29, 1.82) is 0 Å². The van der Waals surface area contributed by atoms with Crippen LogP contribution in [0, 0.1) is 5.92 Å². The normalized spacial score (nSPS) is 17.6. The van der Waals surface area contributed by atoms with Crippen LogP contribution in [0.2, 0.25) is 0 Å². The smallest absolute Gasteiger partial charge is 0.193 e. The number of aliphatic imine (C=N–C) groups is 1. The van der Waals surface area contributed by atoms with E-state index in [4.69, 9.17) is 14.5 Å². The highest BCUT2D eigenvalue weighted by molar-refractivity contribution is 5.79. The number of nitrogens with zero attached hydrogens (tertiary/aromatic N) is 2. The summed E-state index contributed by atoms with van der Waals surface area (Å²) in [5.74, 6) is 1.56. The zero-order valence-electron chi connectivity index (χ0n) is 15.8. The number of hydrogen-bond acceptors (Lipinski definition) is 4. The third-order valence-corrected chi connectivity index (χ3v) is 4.25. The van der Waals surface area contributed by atoms with Crippen molar-refractivity contribution in [3.63, 3.8) is 0 Å². The molecule has 2 rings (SSSR count). The van der Waals surface area contributed by atoms with Crippen molar-refractivity contribution in [3.8, 4) is 0 Å². The maximum atomic E-state index is 5.47. The summed E-state index contributed by atoms with van der Waals surface area (Å²) in [7, 11) is 3.81. The van der Waals surface area contributed by atoms with Gasteiger partial charge in [-0.1, -0.05) is 12.1 Å². The highest BCUT2D eigenvalue weighted by atomic mass is 16.5. The van der Waals surface area contributed by atoms with Gasteiger partial charge < -0.3 is 25.0 Å². The van der Waals surface area contributed by atoms with E-state index in [0.29, 0.717) is 19.1 Å². The molecule has 0 radical (unpaired) electrons. The number of ether oxygens (including phenoxy) is 2. The first kappa shape index (κ1) is 19.5. The van der Waals surface area contributed by atoms with Crippen molar-refractivity contribution in [2.75, 3.05) is 58.9 Å². The van der Waals surface area contributed by atoms with Crippen molar-refractivity contribution in [2.24, 2.45) is 10.9 Å². The second-order valence-electron chi connectivity index (χ2n) is 6.40. The second-order valence-corrected chi connectivity index (χ2v) is 6.40. The van der Waals surface area contributed by atoms with Crippen molar-refractivity contribution in [2.45, 2.75) is 19.9 Å². The standard InChI is InChI=1S/C19H32N4O2/c1-4-20-19(23(2)14-17-9-11-25-15-17)22-13-16-5-7-18(8-6-16)21-10-12-24-3/h5-8,17,21H,4,9-15H2,1-3H3,(H,20,22). The predicted molar refractivity (Wildman–Crippen MR) is 103 cm³/mol. The van der Waals surface area contributed by atoms with Crippen molar-refractivity contribution < 1.29 is 9.47 Å². The van der Waals surface area contributed by atoms with Gasteiger partial charge in [-0.15, -0.1) is 0 Å². The highest BCUT2D eigenvalue weighted by Gasteiger charge is 2.18. The van der Waals surface area contributed by atoms with Gasteiger partial charge >= 0.3 is 0 Å². The average molecular weight is 348 g/mol. The van der Waals surface area contributed by atoms with E-state index in [1.807, 2.05) is 0 Å². The first-order valence-corrected chi connectivity index (χ1v) is 9.12. The van der Waals surface area contributed by atoms with Crippen LogP contribution >= 0.6 is 0 Å². The van der Waals surface area contributed by atoms with E-state index >= 15 is 0 Å². The summed E-state index contributed by atoms with van der Waals surface area (Å²) < 4.78 is 10.5. The molecule has 1 heterocycles. The van der Waals surface area contributed by atoms with Gasteiger partial charge in [0.15, 0.2) is 5.96 Å². The number of nitrogens with one attached hydrogen (secondary N) is 2. The maximum absolute atomic E-state index is 5.47. The molecule has 1 aromatic rings. The summed E-state index contributed by atoms with van der Waals surface area (Å²) >= 11 is 0. The molecule has 0 aromatic heterocycles. The van der Waals surface area contributed by atoms with Crippen LogP contribution in [-0.2, 0) is 16.0 Å². The lowest BCUT2D eigenvalue weighted by Gasteiger charge is -2.24. The quantitative estimate of drug-likeness (QED) is 0.407. The van der Waals surface area contributed by atoms with Crippen LogP contribution < -0.4 is 10.6 Å². The molecule has 6 heteroatoms. The Labute approximate surface area is 151 Å². The van der Waals surface area contributed by atoms with Crippen LogP contribution in [0.5, 0.6) is 0 Å². The van der Waals surface area contributed by atoms with E-state index in [1.165, 1.54) is 5.56 Å². The fourth-order valence-electron chi connectivity index (χ4n) is 2.86. The lowest BCUT2D eigenvalue weighted by molar-refractivity contribution is 0.181. The van der Waals surface area contributed by atoms with Crippen LogP contribution in [0.15, 0.2) is 29.3 Å². The average Bonchev–Trinajstić information content (AvgIpc) is 3.13. The Morgan fingerprint density at radius 2 is 2.16 bits per heavy atom. The molecule has 1 aliphatic heterocycles. The van der Waals surface area contributed by atoms with Gasteiger partial charge in [-0.25, -0.2) is 4.99 Å². The van der Waals surface area contributed by atoms with Gasteiger partial charge in [0.1, 0.15) is 0 Å². The molecule has 1 unspecified atom stereocenters. The van der Waals surface area contributed by atoms with E-state index in [0.717, 1.165) is 50.9 Å². The van der Waals surface area contributed by atoms with Crippen LogP contribution in [0.3, 0.4) is 0 Å². The molecule has 0 bridgehead atoms. The van der Waals surface area contributed by atoms with Gasteiger partial charge in [-0.2, -0.15) is 0 Å². The number of guanidine groups is 1. The highest BCUT2D eigenvalue weighted by Crippen LogP contribution is 2.14. The van der Waals surface area contributed by atoms with Gasteiger partial charge in [-0.05, 0) is 31.0 Å². The van der Waals surface area contributed by atoms with E-state index < -0.39 is 0 Å². The molecular formula is C19H32N4O2. The van der Waals surface area contributed by atoms with Crippen LogP contribution in [0.25, 0.3) is 0 Å². The molecule has 1 aliphatic rings. The third kappa shape index (κ3) is 6.92. The van der Waals surface area contributed by atoms with E-state index in [2.05, 4.69) is 53.8 Å². The lowest BCUT2D eigenvalue weighted by atomic mass is 10.1. The van der Waals surface area contributed by atoms with Crippen LogP contribution in [0.1, 0.15) is 18.9 Å². The van der Waals surface area contributed by atoms with Gasteiger partial charge in [0.05, 0.1) is 19.8 Å². The Kier molecular flexibility index (Phi) is 8.55. The summed E-state index contributed by atoms with van der Waals surface area (Å²) in [5.41, 5.74) is 2.31. The third-order valence-electron chi connectivity index (χ3n) is 4.25. The van der Waals surface area contributed by atoms with Crippen molar-refractivity contribution >= 4 is 11.6 Å². The molecule has 0 saturated carbocycles. The zero-order valence-corrected chi connectivity index (χ0v) is 15.8. The maximum Gasteiger partial charge on any atom is 0.193 e. The van der Waals surface area contributed by atoms with E-state index in [9.17, 15) is 0 Å². The minimum absolute atomic E-state index is 0.603. The predicted octanol–water partition coefficient (Wildman–Crippen LogP) is 2.18. The molecule has 25 heavy (non-hydrogen) atoms. The monoisotopic (exact) mass is 348 g/mol. The van der Waals surface area contributed by atoms with Gasteiger partial charge in [0.2, 0.25) is 0 Å². The molecule has 1 atom stereocenters. The molecule has 1 fully saturated rings. The molecule has 0 aliphatic carbocycles. The largest absolute Gasteiger partial charge is 0.383 e. The molecule has 0 spiro atoms. The van der Waals surface area contributed by atoms with E-state index in [-0.39, 0.29) is 0 Å². The van der Waals surface area contributed by atoms with Gasteiger partial charge in [-0.3, -0.25) is 0 Å². The molecular weight excluding hydrogens is 316 g/mol. The summed E-state index contributed by atoms with van der Waals surface area (Å²) in [6.45, 7) is 7.89. The topological polar surface area (TPSA) is 58.1 Å². The molecule has 2 N–H and O–H groups in total. The Bertz CT molecular complexity index is 513. The number of anilines is 1. The van der Waals surface area contributed by atoms with Crippen LogP contribution in [-0.4, -0.2) is 64.5 Å². The minimum Gasteiger partial charge on any atom is -0.383 e. The second kappa shape index (κ2) is 10.9. The van der Waals surface area contributed by atoms with Crippen molar-refractivity contribution in [1.82, 2.24) is 10.2 Å². The SMILES string of the molecule is CCNC(=NCc1ccc(NCCOC)cc1)N(C)CC1CCOC1. The summed E-state index contributed by atoms with van der Waals surface area (Å²) in [6.07, 6.45) is 1.14. The first-order chi connectivity index (χ1) is 12.2. The summed E-state index contributed by atoms with van der Waals surface area (Å²) in [4.78, 5) is 6.99. The zero-order chi connectivity index (χ0) is 17.9. The minimum atomic E-state index is 0.603.